The summed E-state index contributed by atoms with van der Waals surface area (Å²) in [6.07, 6.45) is 5.11. The smallest absolute Gasteiger partial charge is 0.263 e. The molecular weight excluding hydrogens is 354 g/mol. The molecule has 0 radical (unpaired) electrons. The first-order valence-corrected chi connectivity index (χ1v) is 8.36. The lowest BCUT2D eigenvalue weighted by Crippen LogP contribution is -2.46. The minimum absolute atomic E-state index is 0.243. The Kier molecular flexibility index (Phi) is 5.18. The number of amides is 1. The van der Waals surface area contributed by atoms with E-state index in [4.69, 9.17) is 16.3 Å². The molecular formula is C18H18ClN5O2. The maximum atomic E-state index is 12.5. The largest absolute Gasteiger partial charge is 0.478 e. The van der Waals surface area contributed by atoms with Gasteiger partial charge in [-0.05, 0) is 50.2 Å². The van der Waals surface area contributed by atoms with Crippen LogP contribution in [0, 0.1) is 0 Å². The number of carbonyl (C=O) groups is 1. The normalized spacial score (nSPS) is 11.2. The Morgan fingerprint density at radius 1 is 1.27 bits per heavy atom. The van der Waals surface area contributed by atoms with Crippen LogP contribution < -0.4 is 10.1 Å². The summed E-state index contributed by atoms with van der Waals surface area (Å²) in [5, 5.41) is 11.5. The molecule has 0 aliphatic rings. The van der Waals surface area contributed by atoms with Gasteiger partial charge in [-0.1, -0.05) is 16.8 Å². The van der Waals surface area contributed by atoms with Crippen molar-refractivity contribution < 1.29 is 9.53 Å². The molecule has 3 aromatic rings. The molecule has 0 bridgehead atoms. The van der Waals surface area contributed by atoms with Gasteiger partial charge in [0, 0.05) is 11.2 Å². The molecule has 134 valence electrons. The Bertz CT molecular complexity index is 878. The molecule has 8 heteroatoms. The van der Waals surface area contributed by atoms with Crippen LogP contribution in [0.15, 0.2) is 55.0 Å². The average molecular weight is 372 g/mol. The Hall–Kier alpha value is -2.93. The third-order valence-corrected chi connectivity index (χ3v) is 3.87. The van der Waals surface area contributed by atoms with E-state index in [9.17, 15) is 4.79 Å². The predicted molar refractivity (Wildman–Crippen MR) is 97.2 cm³/mol. The van der Waals surface area contributed by atoms with Gasteiger partial charge in [-0.3, -0.25) is 9.78 Å². The van der Waals surface area contributed by atoms with Crippen molar-refractivity contribution in [3.63, 3.8) is 0 Å². The van der Waals surface area contributed by atoms with Gasteiger partial charge in [0.25, 0.3) is 5.91 Å². The van der Waals surface area contributed by atoms with Crippen LogP contribution in [0.25, 0.3) is 5.69 Å². The van der Waals surface area contributed by atoms with Crippen LogP contribution in [0.1, 0.15) is 19.5 Å². The van der Waals surface area contributed by atoms with Crippen LogP contribution >= 0.6 is 11.6 Å². The molecule has 1 N–H and O–H groups in total. The van der Waals surface area contributed by atoms with Crippen molar-refractivity contribution in [2.24, 2.45) is 0 Å². The lowest BCUT2D eigenvalue weighted by Gasteiger charge is -2.25. The van der Waals surface area contributed by atoms with Gasteiger partial charge >= 0.3 is 0 Å². The lowest BCUT2D eigenvalue weighted by atomic mass is 10.1. The highest BCUT2D eigenvalue weighted by molar-refractivity contribution is 6.30. The number of nitrogens with zero attached hydrogens (tertiary/aromatic N) is 4. The molecule has 0 fully saturated rings. The summed E-state index contributed by atoms with van der Waals surface area (Å²) >= 11 is 5.86. The van der Waals surface area contributed by atoms with Gasteiger partial charge in [0.15, 0.2) is 5.60 Å². The molecule has 26 heavy (non-hydrogen) atoms. The fourth-order valence-corrected chi connectivity index (χ4v) is 2.35. The summed E-state index contributed by atoms with van der Waals surface area (Å²) in [5.41, 5.74) is 0.376. The Labute approximate surface area is 156 Å². The Morgan fingerprint density at radius 3 is 2.73 bits per heavy atom. The second-order valence-corrected chi connectivity index (χ2v) is 6.55. The lowest BCUT2D eigenvalue weighted by molar-refractivity contribution is -0.134. The molecule has 7 nitrogen and oxygen atoms in total. The number of hydrogen-bond acceptors (Lipinski definition) is 5. The van der Waals surface area contributed by atoms with Gasteiger partial charge < -0.3 is 10.1 Å². The predicted octanol–water partition coefficient (Wildman–Crippen LogP) is 2.79. The summed E-state index contributed by atoms with van der Waals surface area (Å²) in [7, 11) is 0. The molecule has 2 heterocycles. The van der Waals surface area contributed by atoms with E-state index in [0.29, 0.717) is 16.5 Å². The monoisotopic (exact) mass is 371 g/mol. The van der Waals surface area contributed by atoms with Gasteiger partial charge in [0.1, 0.15) is 11.4 Å². The van der Waals surface area contributed by atoms with E-state index >= 15 is 0 Å². The summed E-state index contributed by atoms with van der Waals surface area (Å²) in [6, 6.07) is 10.5. The highest BCUT2D eigenvalue weighted by atomic mass is 35.5. The number of benzene rings is 1. The molecule has 3 rings (SSSR count). The molecule has 2 aromatic heterocycles. The molecule has 0 atom stereocenters. The molecule has 0 saturated heterocycles. The quantitative estimate of drug-likeness (QED) is 0.720. The van der Waals surface area contributed by atoms with Crippen molar-refractivity contribution in [3.05, 3.63) is 65.7 Å². The van der Waals surface area contributed by atoms with Gasteiger partial charge in [0.05, 0.1) is 24.6 Å². The van der Waals surface area contributed by atoms with Crippen molar-refractivity contribution in [2.75, 3.05) is 0 Å². The molecule has 1 amide bonds. The van der Waals surface area contributed by atoms with Crippen LogP contribution in [0.2, 0.25) is 5.02 Å². The van der Waals surface area contributed by atoms with E-state index in [1.54, 1.807) is 61.4 Å². The van der Waals surface area contributed by atoms with Crippen LogP contribution in [0.3, 0.4) is 0 Å². The highest BCUT2D eigenvalue weighted by Gasteiger charge is 2.29. The Balaban J connectivity index is 1.59. The van der Waals surface area contributed by atoms with Crippen LogP contribution in [-0.2, 0) is 11.3 Å². The maximum absolute atomic E-state index is 12.5. The second kappa shape index (κ2) is 7.53. The van der Waals surface area contributed by atoms with Gasteiger partial charge in [0.2, 0.25) is 0 Å². The number of pyridine rings is 1. The number of aromatic nitrogens is 4. The summed E-state index contributed by atoms with van der Waals surface area (Å²) in [6.45, 7) is 3.64. The zero-order valence-electron chi connectivity index (χ0n) is 14.4. The summed E-state index contributed by atoms with van der Waals surface area (Å²) in [4.78, 5) is 16.5. The topological polar surface area (TPSA) is 81.9 Å². The summed E-state index contributed by atoms with van der Waals surface area (Å²) < 4.78 is 7.36. The number of nitrogens with one attached hydrogen (secondary N) is 1. The van der Waals surface area contributed by atoms with Gasteiger partial charge in [-0.2, -0.15) is 0 Å². The van der Waals surface area contributed by atoms with Crippen molar-refractivity contribution in [1.29, 1.82) is 0 Å². The number of hydrogen-bond donors (Lipinski definition) is 1. The van der Waals surface area contributed by atoms with Gasteiger partial charge in [-0.25, -0.2) is 4.68 Å². The van der Waals surface area contributed by atoms with Crippen LogP contribution in [0.5, 0.6) is 5.75 Å². The minimum atomic E-state index is -1.05. The van der Waals surface area contributed by atoms with Crippen molar-refractivity contribution in [3.8, 4) is 11.4 Å². The number of ether oxygens (including phenoxy) is 1. The van der Waals surface area contributed by atoms with E-state index in [2.05, 4.69) is 20.6 Å². The van der Waals surface area contributed by atoms with E-state index in [1.165, 1.54) is 0 Å². The first-order valence-electron chi connectivity index (χ1n) is 7.98. The maximum Gasteiger partial charge on any atom is 0.263 e. The van der Waals surface area contributed by atoms with Crippen molar-refractivity contribution >= 4 is 17.5 Å². The molecule has 0 spiro atoms. The van der Waals surface area contributed by atoms with Crippen molar-refractivity contribution in [1.82, 2.24) is 25.3 Å². The zero-order chi connectivity index (χ0) is 18.6. The SMILES string of the molecule is CC(C)(Oc1ccc(Cl)cc1)C(=O)NCc1cn(-c2cccnc2)nn1. The fraction of sp³-hybridized carbons (Fsp3) is 0.222. The molecule has 0 unspecified atom stereocenters. The second-order valence-electron chi connectivity index (χ2n) is 6.11. The fourth-order valence-electron chi connectivity index (χ4n) is 2.22. The number of halogens is 1. The number of carbonyl (C=O) groups excluding carboxylic acids is 1. The third-order valence-electron chi connectivity index (χ3n) is 3.61. The van der Waals surface area contributed by atoms with Gasteiger partial charge in [-0.15, -0.1) is 5.10 Å². The zero-order valence-corrected chi connectivity index (χ0v) is 15.1. The molecule has 0 saturated carbocycles. The minimum Gasteiger partial charge on any atom is -0.478 e. The summed E-state index contributed by atoms with van der Waals surface area (Å²) in [5.74, 6) is 0.306. The number of rotatable bonds is 6. The first kappa shape index (κ1) is 17.9. The molecule has 1 aromatic carbocycles. The van der Waals surface area contributed by atoms with E-state index in [-0.39, 0.29) is 12.5 Å². The van der Waals surface area contributed by atoms with E-state index in [0.717, 1.165) is 5.69 Å². The van der Waals surface area contributed by atoms with Crippen molar-refractivity contribution in [2.45, 2.75) is 26.0 Å². The molecule has 0 aliphatic carbocycles. The highest BCUT2D eigenvalue weighted by Crippen LogP contribution is 2.21. The van der Waals surface area contributed by atoms with Crippen LogP contribution in [0.4, 0.5) is 0 Å². The van der Waals surface area contributed by atoms with E-state index < -0.39 is 5.60 Å². The average Bonchev–Trinajstić information content (AvgIpc) is 3.11. The Morgan fingerprint density at radius 2 is 2.04 bits per heavy atom. The van der Waals surface area contributed by atoms with E-state index in [1.807, 2.05) is 12.1 Å². The van der Waals surface area contributed by atoms with Crippen LogP contribution in [-0.4, -0.2) is 31.5 Å². The molecule has 0 aliphatic heterocycles. The first-order chi connectivity index (χ1) is 12.4. The standard InChI is InChI=1S/C18H18ClN5O2/c1-18(2,26-16-7-5-13(19)6-8-16)17(25)21-10-14-12-24(23-22-14)15-4-3-9-20-11-15/h3-9,11-12H,10H2,1-2H3,(H,21,25). The third kappa shape index (κ3) is 4.37.